The fourth-order valence-electron chi connectivity index (χ4n) is 3.43. The fourth-order valence-corrected chi connectivity index (χ4v) is 3.43. The summed E-state index contributed by atoms with van der Waals surface area (Å²) in [4.78, 5) is 37.4. The van der Waals surface area contributed by atoms with Gasteiger partial charge in [0.15, 0.2) is 0 Å². The van der Waals surface area contributed by atoms with Gasteiger partial charge in [0, 0.05) is 37.2 Å². The summed E-state index contributed by atoms with van der Waals surface area (Å²) in [6, 6.07) is 4.14. The molecule has 0 bridgehead atoms. The molecule has 2 amide bonds. The number of nitrogens with zero attached hydrogens (tertiary/aromatic N) is 1. The van der Waals surface area contributed by atoms with Gasteiger partial charge in [0.05, 0.1) is 6.61 Å². The number of anilines is 1. The van der Waals surface area contributed by atoms with Gasteiger partial charge in [0.1, 0.15) is 6.04 Å². The summed E-state index contributed by atoms with van der Waals surface area (Å²) in [6.07, 6.45) is 2.50. The van der Waals surface area contributed by atoms with E-state index in [0.29, 0.717) is 38.0 Å². The van der Waals surface area contributed by atoms with Crippen LogP contribution in [0.5, 0.6) is 0 Å². The number of carboxylic acids is 1. The lowest BCUT2D eigenvalue weighted by Gasteiger charge is -2.28. The van der Waals surface area contributed by atoms with Crippen molar-refractivity contribution >= 4 is 23.5 Å². The van der Waals surface area contributed by atoms with Crippen molar-refractivity contribution in [1.82, 2.24) is 5.32 Å². The maximum absolute atomic E-state index is 12.5. The van der Waals surface area contributed by atoms with Gasteiger partial charge >= 0.3 is 5.97 Å². The highest BCUT2D eigenvalue weighted by Crippen LogP contribution is 2.27. The Morgan fingerprint density at radius 1 is 1.36 bits per heavy atom. The minimum absolute atomic E-state index is 0.0490. The summed E-state index contributed by atoms with van der Waals surface area (Å²) < 4.78 is 5.34. The van der Waals surface area contributed by atoms with Crippen molar-refractivity contribution in [2.45, 2.75) is 31.7 Å². The normalized spacial score (nSPS) is 21.4. The molecule has 0 unspecified atom stereocenters. The topological polar surface area (TPSA) is 95.9 Å². The lowest BCUT2D eigenvalue weighted by molar-refractivity contribution is -0.142. The molecule has 0 aliphatic carbocycles. The third-order valence-corrected chi connectivity index (χ3v) is 4.90. The van der Waals surface area contributed by atoms with Gasteiger partial charge in [-0.2, -0.15) is 0 Å². The zero-order chi connectivity index (χ0) is 18.0. The molecular formula is C18H22N2O5. The van der Waals surface area contributed by atoms with E-state index in [2.05, 4.69) is 5.32 Å². The third-order valence-electron chi connectivity index (χ3n) is 4.90. The van der Waals surface area contributed by atoms with Crippen LogP contribution in [0.3, 0.4) is 0 Å². The number of nitrogens with one attached hydrogen (secondary N) is 1. The number of aliphatic carboxylic acids is 1. The largest absolute Gasteiger partial charge is 0.480 e. The average molecular weight is 346 g/mol. The Morgan fingerprint density at radius 2 is 2.16 bits per heavy atom. The Balaban J connectivity index is 1.76. The van der Waals surface area contributed by atoms with Crippen LogP contribution in [-0.2, 0) is 20.7 Å². The summed E-state index contributed by atoms with van der Waals surface area (Å²) in [6.45, 7) is 0.974. The highest BCUT2D eigenvalue weighted by Gasteiger charge is 2.32. The predicted molar refractivity (Wildman–Crippen MR) is 90.6 cm³/mol. The Hall–Kier alpha value is -2.41. The van der Waals surface area contributed by atoms with Crippen LogP contribution in [0.15, 0.2) is 18.2 Å². The van der Waals surface area contributed by atoms with Crippen molar-refractivity contribution in [3.05, 3.63) is 29.3 Å². The molecule has 0 aromatic heterocycles. The molecule has 1 aromatic rings. The van der Waals surface area contributed by atoms with Gasteiger partial charge in [-0.05, 0) is 43.0 Å². The van der Waals surface area contributed by atoms with E-state index in [9.17, 15) is 19.5 Å². The molecule has 0 radical (unpaired) electrons. The third kappa shape index (κ3) is 3.66. The van der Waals surface area contributed by atoms with Crippen LogP contribution >= 0.6 is 0 Å². The highest BCUT2D eigenvalue weighted by atomic mass is 16.5. The summed E-state index contributed by atoms with van der Waals surface area (Å²) in [5.41, 5.74) is 2.12. The lowest BCUT2D eigenvalue weighted by atomic mass is 9.93. The number of hydrogen-bond donors (Lipinski definition) is 2. The Morgan fingerprint density at radius 3 is 2.84 bits per heavy atom. The average Bonchev–Trinajstić information content (AvgIpc) is 2.62. The first kappa shape index (κ1) is 17.4. The molecule has 25 heavy (non-hydrogen) atoms. The van der Waals surface area contributed by atoms with Crippen LogP contribution in [0, 0.1) is 5.92 Å². The SMILES string of the molecule is CN1C(=O)CCc2cc(C(=O)N[C@@H](C(=O)O)[C@H]3CCCOC3)ccc21. The van der Waals surface area contributed by atoms with Gasteiger partial charge < -0.3 is 20.1 Å². The highest BCUT2D eigenvalue weighted by molar-refractivity contribution is 6.00. The van der Waals surface area contributed by atoms with Crippen molar-refractivity contribution < 1.29 is 24.2 Å². The van der Waals surface area contributed by atoms with Crippen LogP contribution in [0.25, 0.3) is 0 Å². The zero-order valence-electron chi connectivity index (χ0n) is 14.2. The van der Waals surface area contributed by atoms with Crippen LogP contribution in [0.2, 0.25) is 0 Å². The van der Waals surface area contributed by atoms with Crippen LogP contribution in [0.4, 0.5) is 5.69 Å². The summed E-state index contributed by atoms with van der Waals surface area (Å²) in [5, 5.41) is 12.1. The summed E-state index contributed by atoms with van der Waals surface area (Å²) in [7, 11) is 1.71. The first-order valence-electron chi connectivity index (χ1n) is 8.48. The molecule has 2 atom stereocenters. The van der Waals surface area contributed by atoms with Gasteiger partial charge in [-0.1, -0.05) is 0 Å². The van der Waals surface area contributed by atoms with Gasteiger partial charge in [-0.15, -0.1) is 0 Å². The Kier molecular flexibility index (Phi) is 5.03. The van der Waals surface area contributed by atoms with Crippen molar-refractivity contribution in [3.8, 4) is 0 Å². The van der Waals surface area contributed by atoms with Crippen molar-refractivity contribution in [1.29, 1.82) is 0 Å². The first-order valence-corrected chi connectivity index (χ1v) is 8.48. The number of hydrogen-bond acceptors (Lipinski definition) is 4. The maximum atomic E-state index is 12.5. The second kappa shape index (κ2) is 7.23. The molecule has 7 nitrogen and oxygen atoms in total. The first-order chi connectivity index (χ1) is 12.0. The fraction of sp³-hybridized carbons (Fsp3) is 0.500. The number of carbonyl (C=O) groups excluding carboxylic acids is 2. The number of amides is 2. The number of carbonyl (C=O) groups is 3. The lowest BCUT2D eigenvalue weighted by Crippen LogP contribution is -2.48. The van der Waals surface area contributed by atoms with Gasteiger partial charge in [-0.3, -0.25) is 9.59 Å². The van der Waals surface area contributed by atoms with E-state index in [0.717, 1.165) is 17.7 Å². The Bertz CT molecular complexity index is 697. The van der Waals surface area contributed by atoms with Crippen LogP contribution in [-0.4, -0.2) is 49.2 Å². The van der Waals surface area contributed by atoms with E-state index in [1.807, 2.05) is 0 Å². The predicted octanol–water partition coefficient (Wildman–Crippen LogP) is 1.21. The maximum Gasteiger partial charge on any atom is 0.326 e. The van der Waals surface area contributed by atoms with Crippen molar-refractivity contribution in [3.63, 3.8) is 0 Å². The quantitative estimate of drug-likeness (QED) is 0.854. The molecule has 2 aliphatic heterocycles. The van der Waals surface area contributed by atoms with Crippen molar-refractivity contribution in [2.24, 2.45) is 5.92 Å². The smallest absolute Gasteiger partial charge is 0.326 e. The molecule has 0 spiro atoms. The number of aryl methyl sites for hydroxylation is 1. The molecule has 1 aromatic carbocycles. The van der Waals surface area contributed by atoms with E-state index >= 15 is 0 Å². The van der Waals surface area contributed by atoms with E-state index in [-0.39, 0.29) is 11.8 Å². The molecule has 0 saturated carbocycles. The Labute approximate surface area is 146 Å². The van der Waals surface area contributed by atoms with Crippen LogP contribution < -0.4 is 10.2 Å². The number of ether oxygens (including phenoxy) is 1. The zero-order valence-corrected chi connectivity index (χ0v) is 14.2. The van der Waals surface area contributed by atoms with E-state index in [1.54, 1.807) is 30.1 Å². The molecule has 3 rings (SSSR count). The van der Waals surface area contributed by atoms with Gasteiger partial charge in [-0.25, -0.2) is 4.79 Å². The van der Waals surface area contributed by atoms with Crippen molar-refractivity contribution in [2.75, 3.05) is 25.2 Å². The number of carboxylic acid groups (broad SMARTS) is 1. The molecule has 2 N–H and O–H groups in total. The molecule has 7 heteroatoms. The van der Waals surface area contributed by atoms with E-state index in [1.165, 1.54) is 0 Å². The molecule has 2 aliphatic rings. The summed E-state index contributed by atoms with van der Waals surface area (Å²) in [5.74, 6) is -1.64. The second-order valence-electron chi connectivity index (χ2n) is 6.56. The van der Waals surface area contributed by atoms with Gasteiger partial charge in [0.25, 0.3) is 5.91 Å². The van der Waals surface area contributed by atoms with E-state index < -0.39 is 17.9 Å². The minimum atomic E-state index is -1.05. The summed E-state index contributed by atoms with van der Waals surface area (Å²) >= 11 is 0. The second-order valence-corrected chi connectivity index (χ2v) is 6.56. The standard InChI is InChI=1S/C18H22N2O5/c1-20-14-6-4-12(9-11(14)5-7-15(20)21)17(22)19-16(18(23)24)13-3-2-8-25-10-13/h4,6,9,13,16H,2-3,5,7-8,10H2,1H3,(H,19,22)(H,23,24)/t13-,16+/m0/s1. The molecule has 2 heterocycles. The minimum Gasteiger partial charge on any atom is -0.480 e. The number of benzene rings is 1. The van der Waals surface area contributed by atoms with E-state index in [4.69, 9.17) is 4.74 Å². The number of rotatable bonds is 4. The monoisotopic (exact) mass is 346 g/mol. The number of fused-ring (bicyclic) bond motifs is 1. The molecule has 1 saturated heterocycles. The van der Waals surface area contributed by atoms with Crippen LogP contribution in [0.1, 0.15) is 35.2 Å². The molecule has 134 valence electrons. The molecular weight excluding hydrogens is 324 g/mol. The molecule has 1 fully saturated rings. The van der Waals surface area contributed by atoms with Gasteiger partial charge in [0.2, 0.25) is 5.91 Å².